The molecular formula is C15H20N2O2. The van der Waals surface area contributed by atoms with Crippen LogP contribution in [0, 0.1) is 0 Å². The lowest BCUT2D eigenvalue weighted by Gasteiger charge is -2.26. The van der Waals surface area contributed by atoms with Crippen molar-refractivity contribution in [2.24, 2.45) is 0 Å². The predicted molar refractivity (Wildman–Crippen MR) is 76.0 cm³/mol. The van der Waals surface area contributed by atoms with Crippen molar-refractivity contribution in [3.63, 3.8) is 0 Å². The second-order valence-corrected chi connectivity index (χ2v) is 4.30. The van der Waals surface area contributed by atoms with Crippen molar-refractivity contribution < 1.29 is 9.47 Å². The number of methoxy groups -OCH3 is 2. The summed E-state index contributed by atoms with van der Waals surface area (Å²) in [6, 6.07) is 10.1. The zero-order valence-electron chi connectivity index (χ0n) is 11.6. The fourth-order valence-electron chi connectivity index (χ4n) is 2.32. The summed E-state index contributed by atoms with van der Waals surface area (Å²) < 4.78 is 10.8. The molecule has 0 aliphatic heterocycles. The number of rotatable bonds is 6. The van der Waals surface area contributed by atoms with Crippen molar-refractivity contribution in [1.82, 2.24) is 10.3 Å². The average Bonchev–Trinajstić information content (AvgIpc) is 2.47. The van der Waals surface area contributed by atoms with E-state index in [1.54, 1.807) is 14.2 Å². The molecule has 0 aliphatic carbocycles. The first-order chi connectivity index (χ1) is 9.31. The van der Waals surface area contributed by atoms with Gasteiger partial charge in [-0.3, -0.25) is 4.98 Å². The quantitative estimate of drug-likeness (QED) is 0.810. The highest BCUT2D eigenvalue weighted by Gasteiger charge is 2.24. The molecule has 19 heavy (non-hydrogen) atoms. The third-order valence-corrected chi connectivity index (χ3v) is 3.16. The number of nitrogens with zero attached hydrogens (tertiary/aromatic N) is 1. The molecule has 4 heteroatoms. The van der Waals surface area contributed by atoms with Crippen molar-refractivity contribution in [3.05, 3.63) is 42.1 Å². The van der Waals surface area contributed by atoms with E-state index in [4.69, 9.17) is 9.47 Å². The predicted octanol–water partition coefficient (Wildman–Crippen LogP) is 2.50. The molecule has 0 saturated carbocycles. The summed E-state index contributed by atoms with van der Waals surface area (Å²) in [5, 5.41) is 4.52. The van der Waals surface area contributed by atoms with Gasteiger partial charge in [0.1, 0.15) is 0 Å². The van der Waals surface area contributed by atoms with Gasteiger partial charge in [0.25, 0.3) is 0 Å². The maximum Gasteiger partial charge on any atom is 0.176 e. The van der Waals surface area contributed by atoms with E-state index in [0.29, 0.717) is 0 Å². The normalized spacial score (nSPS) is 13.1. The second-order valence-electron chi connectivity index (χ2n) is 4.30. The molecule has 1 heterocycles. The molecule has 2 rings (SSSR count). The van der Waals surface area contributed by atoms with Crippen LogP contribution in [0.2, 0.25) is 0 Å². The van der Waals surface area contributed by atoms with Gasteiger partial charge >= 0.3 is 0 Å². The van der Waals surface area contributed by atoms with Crippen LogP contribution in [0.4, 0.5) is 0 Å². The number of ether oxygens (including phenoxy) is 2. The summed E-state index contributed by atoms with van der Waals surface area (Å²) in [6.07, 6.45) is 1.47. The van der Waals surface area contributed by atoms with Crippen molar-refractivity contribution in [3.8, 4) is 0 Å². The summed E-state index contributed by atoms with van der Waals surface area (Å²) in [6.45, 7) is 2.89. The lowest BCUT2D eigenvalue weighted by molar-refractivity contribution is -0.123. The Bertz CT molecular complexity index is 521. The van der Waals surface area contributed by atoms with Crippen molar-refractivity contribution in [2.45, 2.75) is 19.3 Å². The molecule has 0 amide bonds. The van der Waals surface area contributed by atoms with Crippen LogP contribution < -0.4 is 5.32 Å². The molecule has 0 radical (unpaired) electrons. The molecule has 1 aromatic heterocycles. The molecule has 1 aromatic carbocycles. The zero-order valence-corrected chi connectivity index (χ0v) is 11.6. The first-order valence-corrected chi connectivity index (χ1v) is 6.44. The molecule has 0 aliphatic rings. The Morgan fingerprint density at radius 3 is 2.58 bits per heavy atom. The van der Waals surface area contributed by atoms with Gasteiger partial charge in [0.15, 0.2) is 6.29 Å². The number of fused-ring (bicyclic) bond motifs is 1. The van der Waals surface area contributed by atoms with E-state index in [0.717, 1.165) is 23.0 Å². The van der Waals surface area contributed by atoms with Gasteiger partial charge in [0, 0.05) is 31.4 Å². The second kappa shape index (κ2) is 6.61. The number of hydrogen-bond donors (Lipinski definition) is 1. The highest BCUT2D eigenvalue weighted by molar-refractivity contribution is 5.82. The maximum absolute atomic E-state index is 5.40. The highest BCUT2D eigenvalue weighted by Crippen LogP contribution is 2.26. The zero-order chi connectivity index (χ0) is 13.7. The van der Waals surface area contributed by atoms with E-state index in [1.807, 2.05) is 18.3 Å². The fraction of sp³-hybridized carbons (Fsp3) is 0.400. The lowest BCUT2D eigenvalue weighted by Crippen LogP contribution is -2.34. The van der Waals surface area contributed by atoms with Crippen LogP contribution in [-0.4, -0.2) is 32.0 Å². The van der Waals surface area contributed by atoms with Crippen LogP contribution in [0.1, 0.15) is 18.5 Å². The third-order valence-electron chi connectivity index (χ3n) is 3.16. The van der Waals surface area contributed by atoms with Crippen LogP contribution in [0.15, 0.2) is 36.5 Å². The first-order valence-electron chi connectivity index (χ1n) is 6.44. The van der Waals surface area contributed by atoms with E-state index in [1.165, 1.54) is 0 Å². The van der Waals surface area contributed by atoms with E-state index in [9.17, 15) is 0 Å². The van der Waals surface area contributed by atoms with Gasteiger partial charge in [-0.05, 0) is 12.6 Å². The Kier molecular flexibility index (Phi) is 4.85. The number of pyridine rings is 1. The van der Waals surface area contributed by atoms with E-state index in [2.05, 4.69) is 35.4 Å². The van der Waals surface area contributed by atoms with E-state index in [-0.39, 0.29) is 12.3 Å². The van der Waals surface area contributed by atoms with Gasteiger partial charge in [-0.2, -0.15) is 0 Å². The third kappa shape index (κ3) is 2.92. The van der Waals surface area contributed by atoms with Crippen molar-refractivity contribution in [2.75, 3.05) is 20.8 Å². The Morgan fingerprint density at radius 1 is 1.16 bits per heavy atom. The fourth-order valence-corrected chi connectivity index (χ4v) is 2.32. The lowest BCUT2D eigenvalue weighted by atomic mass is 10.0. The number of benzene rings is 1. The monoisotopic (exact) mass is 260 g/mol. The highest BCUT2D eigenvalue weighted by atomic mass is 16.7. The molecule has 1 unspecified atom stereocenters. The van der Waals surface area contributed by atoms with Crippen LogP contribution in [0.3, 0.4) is 0 Å². The number of aromatic nitrogens is 1. The minimum atomic E-state index is -0.340. The largest absolute Gasteiger partial charge is 0.354 e. The number of nitrogens with one attached hydrogen (secondary N) is 1. The van der Waals surface area contributed by atoms with E-state index < -0.39 is 0 Å². The molecule has 0 bridgehead atoms. The van der Waals surface area contributed by atoms with Gasteiger partial charge in [0.05, 0.1) is 11.6 Å². The summed E-state index contributed by atoms with van der Waals surface area (Å²) >= 11 is 0. The summed E-state index contributed by atoms with van der Waals surface area (Å²) in [7, 11) is 3.30. The molecule has 2 aromatic rings. The molecular weight excluding hydrogens is 240 g/mol. The maximum atomic E-state index is 5.40. The topological polar surface area (TPSA) is 43.4 Å². The summed E-state index contributed by atoms with van der Waals surface area (Å²) in [5.41, 5.74) is 2.07. The number of para-hydroxylation sites is 1. The van der Waals surface area contributed by atoms with Crippen molar-refractivity contribution in [1.29, 1.82) is 0 Å². The minimum Gasteiger partial charge on any atom is -0.354 e. The average molecular weight is 260 g/mol. The molecule has 0 spiro atoms. The molecule has 0 saturated heterocycles. The molecule has 102 valence electrons. The van der Waals surface area contributed by atoms with Crippen LogP contribution >= 0.6 is 0 Å². The molecule has 1 N–H and O–H groups in total. The Labute approximate surface area is 113 Å². The molecule has 4 nitrogen and oxygen atoms in total. The van der Waals surface area contributed by atoms with E-state index >= 15 is 0 Å². The molecule has 1 atom stereocenters. The van der Waals surface area contributed by atoms with Gasteiger partial charge in [0.2, 0.25) is 0 Å². The Morgan fingerprint density at radius 2 is 1.89 bits per heavy atom. The SMILES string of the molecule is CCNC(c1cccc2cccnc12)C(OC)OC. The minimum absolute atomic E-state index is 0.0430. The van der Waals surface area contributed by atoms with Crippen LogP contribution in [0.5, 0.6) is 0 Å². The Balaban J connectivity index is 2.49. The number of likely N-dealkylation sites (N-methyl/N-ethyl adjacent to an activating group) is 1. The van der Waals surface area contributed by atoms with Crippen LogP contribution in [0.25, 0.3) is 10.9 Å². The van der Waals surface area contributed by atoms with Gasteiger partial charge in [-0.1, -0.05) is 31.2 Å². The van der Waals surface area contributed by atoms with Crippen molar-refractivity contribution >= 4 is 10.9 Å². The van der Waals surface area contributed by atoms with Crippen LogP contribution in [-0.2, 0) is 9.47 Å². The summed E-state index contributed by atoms with van der Waals surface area (Å²) in [5.74, 6) is 0. The molecule has 0 fully saturated rings. The Hall–Kier alpha value is -1.49. The van der Waals surface area contributed by atoms with Gasteiger partial charge in [-0.25, -0.2) is 0 Å². The first kappa shape index (κ1) is 13.9. The number of hydrogen-bond acceptors (Lipinski definition) is 4. The van der Waals surface area contributed by atoms with Gasteiger partial charge in [-0.15, -0.1) is 0 Å². The van der Waals surface area contributed by atoms with Gasteiger partial charge < -0.3 is 14.8 Å². The summed E-state index contributed by atoms with van der Waals surface area (Å²) in [4.78, 5) is 4.48. The smallest absolute Gasteiger partial charge is 0.176 e. The standard InChI is InChI=1S/C15H20N2O2/c1-4-16-14(15(18-2)19-3)12-9-5-7-11-8-6-10-17-13(11)12/h5-10,14-16H,4H2,1-3H3.